The van der Waals surface area contributed by atoms with Gasteiger partial charge in [-0.15, -0.1) is 0 Å². The lowest BCUT2D eigenvalue weighted by molar-refractivity contribution is -0.137. The van der Waals surface area contributed by atoms with Gasteiger partial charge in [0.1, 0.15) is 5.75 Å². The summed E-state index contributed by atoms with van der Waals surface area (Å²) < 4.78 is 29.3. The number of hydrogen-bond acceptors (Lipinski definition) is 5. The molecule has 0 amide bonds. The second-order valence-electron chi connectivity index (χ2n) is 4.42. The fraction of sp³-hybridized carbons (Fsp3) is 0.417. The predicted molar refractivity (Wildman–Crippen MR) is 69.3 cm³/mol. The molecule has 1 atom stereocenters. The first-order valence-corrected chi connectivity index (χ1v) is 7.47. The highest BCUT2D eigenvalue weighted by Gasteiger charge is 2.30. The normalized spacial score (nSPS) is 20.2. The average molecular weight is 285 g/mol. The van der Waals surface area contributed by atoms with Crippen LogP contribution >= 0.6 is 0 Å². The summed E-state index contributed by atoms with van der Waals surface area (Å²) in [7, 11) is -1.87. The number of rotatable bonds is 4. The van der Waals surface area contributed by atoms with Crippen molar-refractivity contribution in [2.45, 2.75) is 23.8 Å². The minimum Gasteiger partial charge on any atom is -0.497 e. The second kappa shape index (κ2) is 5.08. The number of benzene rings is 1. The zero-order valence-electron chi connectivity index (χ0n) is 10.4. The zero-order valence-corrected chi connectivity index (χ0v) is 11.2. The zero-order chi connectivity index (χ0) is 14.0. The first kappa shape index (κ1) is 13.7. The van der Waals surface area contributed by atoms with Crippen molar-refractivity contribution in [2.24, 2.45) is 0 Å². The maximum absolute atomic E-state index is 12.1. The lowest BCUT2D eigenvalue weighted by Gasteiger charge is -2.26. The highest BCUT2D eigenvalue weighted by molar-refractivity contribution is 7.91. The molecule has 0 bridgehead atoms. The maximum Gasteiger partial charge on any atom is 0.303 e. The van der Waals surface area contributed by atoms with Gasteiger partial charge in [-0.3, -0.25) is 4.79 Å². The van der Waals surface area contributed by atoms with Crippen molar-refractivity contribution in [1.82, 2.24) is 0 Å². The van der Waals surface area contributed by atoms with Crippen molar-refractivity contribution in [1.29, 1.82) is 0 Å². The summed E-state index contributed by atoms with van der Waals surface area (Å²) in [5.41, 5.74) is 0.473. The third kappa shape index (κ3) is 2.98. The smallest absolute Gasteiger partial charge is 0.303 e. The van der Waals surface area contributed by atoms with Gasteiger partial charge >= 0.3 is 5.97 Å². The standard InChI is InChI=1S/C12H15NO5S/c1-18-9-3-4-11-10(6-9)13-8(2-5-12(14)15)7-19(11,16)17/h3-4,6,8,13H,2,5,7H2,1H3,(H,14,15). The van der Waals surface area contributed by atoms with Crippen LogP contribution in [0.3, 0.4) is 0 Å². The van der Waals surface area contributed by atoms with E-state index in [-0.39, 0.29) is 29.5 Å². The molecule has 104 valence electrons. The van der Waals surface area contributed by atoms with Crippen LogP contribution in [0.15, 0.2) is 23.1 Å². The maximum atomic E-state index is 12.1. The molecule has 1 aliphatic heterocycles. The molecule has 1 aromatic carbocycles. The molecule has 0 saturated heterocycles. The van der Waals surface area contributed by atoms with Gasteiger partial charge in [0, 0.05) is 18.5 Å². The fourth-order valence-corrected chi connectivity index (χ4v) is 3.78. The second-order valence-corrected chi connectivity index (χ2v) is 6.42. The third-order valence-electron chi connectivity index (χ3n) is 3.01. The molecule has 2 rings (SSSR count). The van der Waals surface area contributed by atoms with Crippen molar-refractivity contribution >= 4 is 21.5 Å². The Morgan fingerprint density at radius 3 is 2.89 bits per heavy atom. The molecule has 1 aliphatic rings. The summed E-state index contributed by atoms with van der Waals surface area (Å²) in [5, 5.41) is 11.7. The minimum absolute atomic E-state index is 0.0630. The number of fused-ring (bicyclic) bond motifs is 1. The van der Waals surface area contributed by atoms with Crippen LogP contribution in [0.25, 0.3) is 0 Å². The molecule has 0 aromatic heterocycles. The van der Waals surface area contributed by atoms with Crippen LogP contribution in [0.5, 0.6) is 5.75 Å². The summed E-state index contributed by atoms with van der Waals surface area (Å²) in [6.45, 7) is 0. The Bertz CT molecular complexity index is 596. The number of hydrogen-bond donors (Lipinski definition) is 2. The molecule has 0 fully saturated rings. The highest BCUT2D eigenvalue weighted by atomic mass is 32.2. The van der Waals surface area contributed by atoms with Gasteiger partial charge in [-0.05, 0) is 18.6 Å². The first-order valence-electron chi connectivity index (χ1n) is 5.81. The quantitative estimate of drug-likeness (QED) is 0.861. The van der Waals surface area contributed by atoms with E-state index >= 15 is 0 Å². The number of aliphatic carboxylic acids is 1. The van der Waals surface area contributed by atoms with Crippen molar-refractivity contribution in [2.75, 3.05) is 18.2 Å². The average Bonchev–Trinajstić information content (AvgIpc) is 2.34. The lowest BCUT2D eigenvalue weighted by atomic mass is 10.1. The minimum atomic E-state index is -3.38. The summed E-state index contributed by atoms with van der Waals surface area (Å²) in [6.07, 6.45) is 0.206. The Balaban J connectivity index is 2.28. The van der Waals surface area contributed by atoms with Crippen LogP contribution < -0.4 is 10.1 Å². The van der Waals surface area contributed by atoms with Gasteiger partial charge in [0.25, 0.3) is 0 Å². The molecule has 6 nitrogen and oxygen atoms in total. The first-order chi connectivity index (χ1) is 8.92. The van der Waals surface area contributed by atoms with Crippen molar-refractivity contribution in [3.63, 3.8) is 0 Å². The van der Waals surface area contributed by atoms with E-state index in [2.05, 4.69) is 5.32 Å². The molecule has 0 aliphatic carbocycles. The molecule has 1 unspecified atom stereocenters. The van der Waals surface area contributed by atoms with Crippen LogP contribution in [0.1, 0.15) is 12.8 Å². The van der Waals surface area contributed by atoms with E-state index in [0.717, 1.165) is 0 Å². The Hall–Kier alpha value is -1.76. The van der Waals surface area contributed by atoms with E-state index in [9.17, 15) is 13.2 Å². The number of nitrogens with one attached hydrogen (secondary N) is 1. The van der Waals surface area contributed by atoms with Gasteiger partial charge < -0.3 is 15.2 Å². The van der Waals surface area contributed by atoms with E-state index in [1.165, 1.54) is 13.2 Å². The Morgan fingerprint density at radius 2 is 2.26 bits per heavy atom. The summed E-state index contributed by atoms with van der Waals surface area (Å²) in [5.74, 6) is -0.462. The number of carbonyl (C=O) groups is 1. The molecular formula is C12H15NO5S. The topological polar surface area (TPSA) is 92.7 Å². The van der Waals surface area contributed by atoms with Gasteiger partial charge in [-0.2, -0.15) is 0 Å². The van der Waals surface area contributed by atoms with Crippen molar-refractivity contribution in [3.8, 4) is 5.75 Å². The SMILES string of the molecule is COc1ccc2c(c1)NC(CCC(=O)O)CS2(=O)=O. The van der Waals surface area contributed by atoms with Crippen molar-refractivity contribution < 1.29 is 23.1 Å². The van der Waals surface area contributed by atoms with E-state index in [1.807, 2.05) is 0 Å². The van der Waals surface area contributed by atoms with Crippen molar-refractivity contribution in [3.05, 3.63) is 18.2 Å². The van der Waals surface area contributed by atoms with E-state index < -0.39 is 15.8 Å². The number of methoxy groups -OCH3 is 1. The van der Waals surface area contributed by atoms with E-state index in [4.69, 9.17) is 9.84 Å². The third-order valence-corrected chi connectivity index (χ3v) is 4.88. The monoisotopic (exact) mass is 285 g/mol. The van der Waals surface area contributed by atoms with Gasteiger partial charge in [-0.1, -0.05) is 0 Å². The molecule has 1 aromatic rings. The van der Waals surface area contributed by atoms with Gasteiger partial charge in [0.05, 0.1) is 23.4 Å². The predicted octanol–water partition coefficient (Wildman–Crippen LogP) is 1.13. The highest BCUT2D eigenvalue weighted by Crippen LogP contribution is 2.32. The largest absolute Gasteiger partial charge is 0.497 e. The molecule has 19 heavy (non-hydrogen) atoms. The van der Waals surface area contributed by atoms with Gasteiger partial charge in [0.15, 0.2) is 9.84 Å². The fourth-order valence-electron chi connectivity index (χ4n) is 2.09. The van der Waals surface area contributed by atoms with E-state index in [1.54, 1.807) is 12.1 Å². The number of anilines is 1. The summed E-state index contributed by atoms with van der Waals surface area (Å²) in [6, 6.07) is 4.32. The van der Waals surface area contributed by atoms with E-state index in [0.29, 0.717) is 11.4 Å². The van der Waals surface area contributed by atoms with Crippen LogP contribution in [-0.4, -0.2) is 38.4 Å². The molecule has 0 radical (unpaired) electrons. The molecule has 7 heteroatoms. The summed E-state index contributed by atoms with van der Waals surface area (Å²) in [4.78, 5) is 10.8. The number of sulfone groups is 1. The lowest BCUT2D eigenvalue weighted by Crippen LogP contribution is -2.34. The molecule has 0 spiro atoms. The molecular weight excluding hydrogens is 270 g/mol. The Kier molecular flexibility index (Phi) is 3.66. The summed E-state index contributed by atoms with van der Waals surface area (Å²) >= 11 is 0. The Morgan fingerprint density at radius 1 is 1.53 bits per heavy atom. The van der Waals surface area contributed by atoms with Gasteiger partial charge in [0.2, 0.25) is 0 Å². The number of ether oxygens (including phenoxy) is 1. The van der Waals surface area contributed by atoms with Crippen LogP contribution in [0.4, 0.5) is 5.69 Å². The molecule has 0 saturated carbocycles. The van der Waals surface area contributed by atoms with Crippen LogP contribution in [-0.2, 0) is 14.6 Å². The molecule has 1 heterocycles. The Labute approximate surface area is 111 Å². The van der Waals surface area contributed by atoms with Crippen LogP contribution in [0.2, 0.25) is 0 Å². The van der Waals surface area contributed by atoms with Crippen LogP contribution in [0, 0.1) is 0 Å². The number of carboxylic acid groups (broad SMARTS) is 1. The molecule has 2 N–H and O–H groups in total. The number of carboxylic acids is 1. The van der Waals surface area contributed by atoms with Gasteiger partial charge in [-0.25, -0.2) is 8.42 Å².